The summed E-state index contributed by atoms with van der Waals surface area (Å²) in [6, 6.07) is 5.62. The van der Waals surface area contributed by atoms with Gasteiger partial charge >= 0.3 is 11.4 Å². The maximum absolute atomic E-state index is 14.5. The molecule has 0 aliphatic carbocycles. The maximum Gasteiger partial charge on any atom is 0.359 e. The van der Waals surface area contributed by atoms with Crippen LogP contribution in [-0.4, -0.2) is 28.9 Å². The summed E-state index contributed by atoms with van der Waals surface area (Å²) in [5.74, 6) is -5.64. The van der Waals surface area contributed by atoms with Gasteiger partial charge in [-0.2, -0.15) is 14.5 Å². The number of pyridine rings is 1. The Morgan fingerprint density at radius 2 is 1.71 bits per heavy atom. The second-order valence-electron chi connectivity index (χ2n) is 8.40. The monoisotopic (exact) mass is 545 g/mol. The van der Waals surface area contributed by atoms with E-state index in [-0.39, 0.29) is 38.8 Å². The third-order valence-corrected chi connectivity index (χ3v) is 5.98. The summed E-state index contributed by atoms with van der Waals surface area (Å²) in [5, 5.41) is 6.87. The molecule has 0 unspecified atom stereocenters. The van der Waals surface area contributed by atoms with E-state index in [0.717, 1.165) is 9.25 Å². The van der Waals surface area contributed by atoms with E-state index in [4.69, 9.17) is 11.6 Å². The molecule has 0 atom stereocenters. The van der Waals surface area contributed by atoms with Crippen LogP contribution in [0.3, 0.4) is 0 Å². The van der Waals surface area contributed by atoms with Crippen molar-refractivity contribution in [2.24, 2.45) is 7.05 Å². The standard InChI is InChI=1S/C24H16ClF4N7O2/c1-11-3-13(9-30-8-11)36-23(37)32-22(31-19-6-14-18(7-15(19)25)33-34(2)21(14)29)35(24(36)38)10-12-4-16(26)20(28)17(27)5-12/h3-9H,10H2,1-2H3,(H,31,32,37). The van der Waals surface area contributed by atoms with Gasteiger partial charge in [0.15, 0.2) is 17.5 Å². The number of hydrogen-bond acceptors (Lipinski definition) is 6. The predicted octanol–water partition coefficient (Wildman–Crippen LogP) is 3.99. The number of nitrogens with one attached hydrogen (secondary N) is 1. The van der Waals surface area contributed by atoms with Gasteiger partial charge in [0, 0.05) is 13.2 Å². The highest BCUT2D eigenvalue weighted by Crippen LogP contribution is 2.30. The van der Waals surface area contributed by atoms with Crippen LogP contribution in [0.4, 0.5) is 29.2 Å². The van der Waals surface area contributed by atoms with Gasteiger partial charge in [-0.15, -0.1) is 0 Å². The molecule has 0 amide bonds. The zero-order valence-corrected chi connectivity index (χ0v) is 20.4. The van der Waals surface area contributed by atoms with Gasteiger partial charge in [-0.3, -0.25) is 9.55 Å². The summed E-state index contributed by atoms with van der Waals surface area (Å²) in [4.78, 5) is 34.4. The van der Waals surface area contributed by atoms with E-state index in [0.29, 0.717) is 22.3 Å². The minimum Gasteiger partial charge on any atom is -0.324 e. The van der Waals surface area contributed by atoms with Gasteiger partial charge in [0.25, 0.3) is 0 Å². The van der Waals surface area contributed by atoms with Crippen LogP contribution in [0.15, 0.2) is 52.3 Å². The third-order valence-electron chi connectivity index (χ3n) is 5.67. The molecule has 1 N–H and O–H groups in total. The van der Waals surface area contributed by atoms with Gasteiger partial charge in [-0.25, -0.2) is 32.0 Å². The Morgan fingerprint density at radius 1 is 1.00 bits per heavy atom. The zero-order valence-electron chi connectivity index (χ0n) is 19.6. The summed E-state index contributed by atoms with van der Waals surface area (Å²) in [5.41, 5.74) is -1.02. The molecule has 5 rings (SSSR count). The van der Waals surface area contributed by atoms with Crippen molar-refractivity contribution in [1.82, 2.24) is 28.9 Å². The Balaban J connectivity index is 1.70. The van der Waals surface area contributed by atoms with Crippen molar-refractivity contribution in [3.05, 3.63) is 103 Å². The first-order chi connectivity index (χ1) is 18.0. The molecular formula is C24H16ClF4N7O2. The second kappa shape index (κ2) is 9.41. The minimum atomic E-state index is -1.67. The van der Waals surface area contributed by atoms with Gasteiger partial charge in [-0.05, 0) is 48.4 Å². The normalized spacial score (nSPS) is 11.3. The van der Waals surface area contributed by atoms with Crippen molar-refractivity contribution in [3.63, 3.8) is 0 Å². The van der Waals surface area contributed by atoms with E-state index in [1.165, 1.54) is 37.6 Å². The lowest BCUT2D eigenvalue weighted by atomic mass is 10.2. The van der Waals surface area contributed by atoms with E-state index >= 15 is 0 Å². The Hall–Kier alpha value is -4.52. The first-order valence-corrected chi connectivity index (χ1v) is 11.3. The fourth-order valence-electron chi connectivity index (χ4n) is 3.90. The first-order valence-electron chi connectivity index (χ1n) is 10.9. The number of rotatable bonds is 5. The number of fused-ring (bicyclic) bond motifs is 1. The second-order valence-corrected chi connectivity index (χ2v) is 8.81. The quantitative estimate of drug-likeness (QED) is 0.265. The summed E-state index contributed by atoms with van der Waals surface area (Å²) < 4.78 is 58.5. The highest BCUT2D eigenvalue weighted by Gasteiger charge is 2.20. The van der Waals surface area contributed by atoms with Crippen LogP contribution in [0.25, 0.3) is 16.6 Å². The van der Waals surface area contributed by atoms with Crippen LogP contribution in [-0.2, 0) is 13.6 Å². The molecule has 38 heavy (non-hydrogen) atoms. The van der Waals surface area contributed by atoms with Gasteiger partial charge in [0.1, 0.15) is 0 Å². The molecule has 2 aromatic carbocycles. The predicted molar refractivity (Wildman–Crippen MR) is 131 cm³/mol. The Morgan fingerprint density at radius 3 is 2.39 bits per heavy atom. The molecule has 0 aliphatic rings. The lowest BCUT2D eigenvalue weighted by Gasteiger charge is -2.16. The molecule has 14 heteroatoms. The maximum atomic E-state index is 14.5. The molecule has 0 saturated carbocycles. The largest absolute Gasteiger partial charge is 0.359 e. The summed E-state index contributed by atoms with van der Waals surface area (Å²) >= 11 is 6.33. The molecule has 0 aliphatic heterocycles. The number of aromatic nitrogens is 6. The Bertz CT molecular complexity index is 1840. The fourth-order valence-corrected chi connectivity index (χ4v) is 4.11. The molecule has 0 radical (unpaired) electrons. The number of halogens is 5. The number of benzene rings is 2. The topological polar surface area (TPSA) is 99.6 Å². The van der Waals surface area contributed by atoms with E-state index in [1.807, 2.05) is 0 Å². The van der Waals surface area contributed by atoms with Gasteiger partial charge in [0.05, 0.1) is 40.0 Å². The average Bonchev–Trinajstić information content (AvgIpc) is 3.12. The van der Waals surface area contributed by atoms with Crippen LogP contribution in [0, 0.1) is 30.3 Å². The van der Waals surface area contributed by atoms with Crippen LogP contribution in [0.5, 0.6) is 0 Å². The molecule has 194 valence electrons. The van der Waals surface area contributed by atoms with Crippen LogP contribution >= 0.6 is 11.6 Å². The lowest BCUT2D eigenvalue weighted by molar-refractivity contribution is 0.444. The molecular weight excluding hydrogens is 530 g/mol. The number of anilines is 2. The van der Waals surface area contributed by atoms with Crippen LogP contribution < -0.4 is 16.7 Å². The smallest absolute Gasteiger partial charge is 0.324 e. The van der Waals surface area contributed by atoms with Crippen molar-refractivity contribution >= 4 is 34.1 Å². The van der Waals surface area contributed by atoms with Crippen LogP contribution in [0.1, 0.15) is 11.1 Å². The van der Waals surface area contributed by atoms with Crippen molar-refractivity contribution in [2.75, 3.05) is 5.32 Å². The van der Waals surface area contributed by atoms with Crippen molar-refractivity contribution < 1.29 is 17.6 Å². The van der Waals surface area contributed by atoms with E-state index < -0.39 is 41.3 Å². The summed E-state index contributed by atoms with van der Waals surface area (Å²) in [6.45, 7) is 1.17. The Labute approximate surface area is 215 Å². The SMILES string of the molecule is Cc1cncc(-n2c(=O)nc(Nc3cc4c(F)n(C)nc4cc3Cl)n(Cc3cc(F)c(F)c(F)c3)c2=O)c1. The number of nitrogens with zero attached hydrogens (tertiary/aromatic N) is 6. The van der Waals surface area contributed by atoms with Gasteiger partial charge in [0.2, 0.25) is 11.9 Å². The van der Waals surface area contributed by atoms with Gasteiger partial charge in [-0.1, -0.05) is 11.6 Å². The molecule has 5 aromatic rings. The molecule has 3 heterocycles. The Kier molecular flexibility index (Phi) is 6.23. The highest BCUT2D eigenvalue weighted by atomic mass is 35.5. The number of aryl methyl sites for hydroxylation is 2. The zero-order chi connectivity index (χ0) is 27.3. The summed E-state index contributed by atoms with van der Waals surface area (Å²) in [7, 11) is 1.40. The van der Waals surface area contributed by atoms with Crippen molar-refractivity contribution in [3.8, 4) is 5.69 Å². The molecule has 9 nitrogen and oxygen atoms in total. The average molecular weight is 546 g/mol. The first kappa shape index (κ1) is 25.1. The molecule has 3 aromatic heterocycles. The van der Waals surface area contributed by atoms with Crippen LogP contribution in [0.2, 0.25) is 5.02 Å². The highest BCUT2D eigenvalue weighted by molar-refractivity contribution is 6.34. The van der Waals surface area contributed by atoms with E-state index in [1.54, 1.807) is 6.92 Å². The molecule has 0 fully saturated rings. The third kappa shape index (κ3) is 4.41. The molecule has 0 bridgehead atoms. The molecule has 0 saturated heterocycles. The minimum absolute atomic E-state index is 0.0577. The fraction of sp³-hybridized carbons (Fsp3) is 0.125. The van der Waals surface area contributed by atoms with E-state index in [2.05, 4.69) is 20.4 Å². The lowest BCUT2D eigenvalue weighted by Crippen LogP contribution is -2.41. The number of hydrogen-bond donors (Lipinski definition) is 1. The van der Waals surface area contributed by atoms with Crippen molar-refractivity contribution in [2.45, 2.75) is 13.5 Å². The molecule has 0 spiro atoms. The van der Waals surface area contributed by atoms with Crippen molar-refractivity contribution in [1.29, 1.82) is 0 Å². The van der Waals surface area contributed by atoms with E-state index in [9.17, 15) is 27.2 Å². The van der Waals surface area contributed by atoms with Gasteiger partial charge < -0.3 is 5.32 Å². The summed E-state index contributed by atoms with van der Waals surface area (Å²) in [6.07, 6.45) is 2.78.